The van der Waals surface area contributed by atoms with Crippen molar-refractivity contribution in [2.45, 2.75) is 45.6 Å². The van der Waals surface area contributed by atoms with Gasteiger partial charge in [0.25, 0.3) is 0 Å². The van der Waals surface area contributed by atoms with E-state index < -0.39 is 0 Å². The molecule has 2 aliphatic heterocycles. The molecule has 5 nitrogen and oxygen atoms in total. The number of piperidine rings is 1. The van der Waals surface area contributed by atoms with E-state index in [2.05, 4.69) is 39.8 Å². The molecule has 0 bridgehead atoms. The SMILES string of the molecule is Cc1ccc(NC(=S)NCc2ccc(N3CCCCC3)cc2)cc1N1CCCC1=O. The number of amides is 1. The first-order valence-corrected chi connectivity index (χ1v) is 11.3. The van der Waals surface area contributed by atoms with E-state index in [1.165, 1.54) is 30.5 Å². The molecule has 0 aliphatic carbocycles. The molecule has 0 saturated carbocycles. The lowest BCUT2D eigenvalue weighted by atomic mass is 10.1. The largest absolute Gasteiger partial charge is 0.372 e. The van der Waals surface area contributed by atoms with Gasteiger partial charge in [0.1, 0.15) is 0 Å². The Morgan fingerprint density at radius 2 is 1.77 bits per heavy atom. The molecule has 0 atom stereocenters. The highest BCUT2D eigenvalue weighted by molar-refractivity contribution is 7.80. The van der Waals surface area contributed by atoms with Gasteiger partial charge in [0.2, 0.25) is 5.91 Å². The summed E-state index contributed by atoms with van der Waals surface area (Å²) in [6, 6.07) is 14.8. The Morgan fingerprint density at radius 3 is 2.47 bits per heavy atom. The fraction of sp³-hybridized carbons (Fsp3) is 0.417. The number of thiocarbonyl (C=S) groups is 1. The third kappa shape index (κ3) is 4.93. The van der Waals surface area contributed by atoms with Gasteiger partial charge in [0.15, 0.2) is 5.11 Å². The number of nitrogens with one attached hydrogen (secondary N) is 2. The maximum Gasteiger partial charge on any atom is 0.227 e. The highest BCUT2D eigenvalue weighted by Gasteiger charge is 2.23. The summed E-state index contributed by atoms with van der Waals surface area (Å²) in [7, 11) is 0. The Balaban J connectivity index is 1.32. The van der Waals surface area contributed by atoms with E-state index in [0.29, 0.717) is 18.1 Å². The van der Waals surface area contributed by atoms with E-state index in [0.717, 1.165) is 43.0 Å². The van der Waals surface area contributed by atoms with E-state index in [4.69, 9.17) is 12.2 Å². The number of carbonyl (C=O) groups excluding carboxylic acids is 1. The van der Waals surface area contributed by atoms with Crippen molar-refractivity contribution in [2.24, 2.45) is 0 Å². The van der Waals surface area contributed by atoms with Gasteiger partial charge in [-0.15, -0.1) is 0 Å². The second-order valence-corrected chi connectivity index (χ2v) is 8.58. The summed E-state index contributed by atoms with van der Waals surface area (Å²) in [6.45, 7) is 5.82. The van der Waals surface area contributed by atoms with Crippen LogP contribution in [0.15, 0.2) is 42.5 Å². The smallest absolute Gasteiger partial charge is 0.227 e. The normalized spacial score (nSPS) is 16.6. The van der Waals surface area contributed by atoms with Gasteiger partial charge in [-0.1, -0.05) is 18.2 Å². The van der Waals surface area contributed by atoms with Gasteiger partial charge in [-0.3, -0.25) is 4.79 Å². The number of anilines is 3. The second-order valence-electron chi connectivity index (χ2n) is 8.17. The van der Waals surface area contributed by atoms with E-state index in [1.807, 2.05) is 30.0 Å². The first-order valence-electron chi connectivity index (χ1n) is 10.9. The number of hydrogen-bond donors (Lipinski definition) is 2. The molecule has 6 heteroatoms. The van der Waals surface area contributed by atoms with Crippen molar-refractivity contribution in [3.05, 3.63) is 53.6 Å². The maximum atomic E-state index is 12.1. The molecular weight excluding hydrogens is 392 g/mol. The van der Waals surface area contributed by atoms with Crippen molar-refractivity contribution in [3.8, 4) is 0 Å². The zero-order valence-corrected chi connectivity index (χ0v) is 18.4. The summed E-state index contributed by atoms with van der Waals surface area (Å²) < 4.78 is 0. The van der Waals surface area contributed by atoms with Crippen molar-refractivity contribution < 1.29 is 4.79 Å². The van der Waals surface area contributed by atoms with Gasteiger partial charge in [0, 0.05) is 49.7 Å². The van der Waals surface area contributed by atoms with Gasteiger partial charge >= 0.3 is 0 Å². The molecule has 0 aromatic heterocycles. The molecule has 2 aromatic rings. The van der Waals surface area contributed by atoms with Gasteiger partial charge in [-0.2, -0.15) is 0 Å². The summed E-state index contributed by atoms with van der Waals surface area (Å²) in [6.07, 6.45) is 5.48. The summed E-state index contributed by atoms with van der Waals surface area (Å²) in [5.74, 6) is 0.198. The first-order chi connectivity index (χ1) is 14.6. The molecule has 4 rings (SSSR count). The van der Waals surface area contributed by atoms with E-state index >= 15 is 0 Å². The van der Waals surface area contributed by atoms with Gasteiger partial charge in [0.05, 0.1) is 0 Å². The lowest BCUT2D eigenvalue weighted by molar-refractivity contribution is -0.117. The van der Waals surface area contributed by atoms with Crippen LogP contribution in [0, 0.1) is 6.92 Å². The predicted octanol–water partition coefficient (Wildman–Crippen LogP) is 4.60. The van der Waals surface area contributed by atoms with E-state index in [9.17, 15) is 4.79 Å². The van der Waals surface area contributed by atoms with Crippen LogP contribution in [0.1, 0.15) is 43.2 Å². The molecule has 0 spiro atoms. The minimum absolute atomic E-state index is 0.198. The maximum absolute atomic E-state index is 12.1. The molecule has 2 N–H and O–H groups in total. The Labute approximate surface area is 184 Å². The fourth-order valence-electron chi connectivity index (χ4n) is 4.22. The number of aryl methyl sites for hydroxylation is 1. The van der Waals surface area contributed by atoms with E-state index in [1.54, 1.807) is 0 Å². The van der Waals surface area contributed by atoms with Crippen LogP contribution in [0.25, 0.3) is 0 Å². The fourth-order valence-corrected chi connectivity index (χ4v) is 4.41. The molecule has 1 amide bonds. The van der Waals surface area contributed by atoms with Crippen molar-refractivity contribution in [3.63, 3.8) is 0 Å². The molecule has 2 heterocycles. The number of hydrogen-bond acceptors (Lipinski definition) is 3. The average Bonchev–Trinajstić information content (AvgIpc) is 3.20. The standard InChI is InChI=1S/C24H30N4OS/c1-18-7-10-20(16-22(18)28-15-5-6-23(28)29)26-24(30)25-17-19-8-11-21(12-9-19)27-13-3-2-4-14-27/h7-12,16H,2-6,13-15,17H2,1H3,(H2,25,26,30). The molecular formula is C24H30N4OS. The molecule has 30 heavy (non-hydrogen) atoms. The topological polar surface area (TPSA) is 47.6 Å². The Bertz CT molecular complexity index is 906. The monoisotopic (exact) mass is 422 g/mol. The van der Waals surface area contributed by atoms with Crippen LogP contribution >= 0.6 is 12.2 Å². The Morgan fingerprint density at radius 1 is 1.00 bits per heavy atom. The lowest BCUT2D eigenvalue weighted by Crippen LogP contribution is -2.29. The number of nitrogens with zero attached hydrogens (tertiary/aromatic N) is 2. The van der Waals surface area contributed by atoms with Crippen LogP contribution in [-0.4, -0.2) is 30.7 Å². The van der Waals surface area contributed by atoms with Crippen LogP contribution in [0.3, 0.4) is 0 Å². The van der Waals surface area contributed by atoms with Gasteiger partial charge in [-0.05, 0) is 80.2 Å². The summed E-state index contributed by atoms with van der Waals surface area (Å²) >= 11 is 5.49. The second kappa shape index (κ2) is 9.47. The zero-order chi connectivity index (χ0) is 20.9. The lowest BCUT2D eigenvalue weighted by Gasteiger charge is -2.28. The zero-order valence-electron chi connectivity index (χ0n) is 17.6. The molecule has 2 aromatic carbocycles. The summed E-state index contributed by atoms with van der Waals surface area (Å²) in [4.78, 5) is 16.5. The average molecular weight is 423 g/mol. The van der Waals surface area contributed by atoms with Crippen LogP contribution in [-0.2, 0) is 11.3 Å². The van der Waals surface area contributed by atoms with Gasteiger partial charge < -0.3 is 20.4 Å². The van der Waals surface area contributed by atoms with Gasteiger partial charge in [-0.25, -0.2) is 0 Å². The minimum atomic E-state index is 0.198. The number of rotatable bonds is 5. The third-order valence-electron chi connectivity index (χ3n) is 5.94. The van der Waals surface area contributed by atoms with Crippen LogP contribution in [0.2, 0.25) is 0 Å². The Hall–Kier alpha value is -2.60. The molecule has 2 saturated heterocycles. The molecule has 0 unspecified atom stereocenters. The first kappa shape index (κ1) is 20.7. The molecule has 158 valence electrons. The quantitative estimate of drug-likeness (QED) is 0.690. The van der Waals surface area contributed by atoms with Crippen molar-refractivity contribution >= 4 is 40.3 Å². The highest BCUT2D eigenvalue weighted by Crippen LogP contribution is 2.28. The van der Waals surface area contributed by atoms with Crippen LogP contribution in [0.5, 0.6) is 0 Å². The van der Waals surface area contributed by atoms with Crippen LogP contribution < -0.4 is 20.4 Å². The summed E-state index contributed by atoms with van der Waals surface area (Å²) in [5.41, 5.74) is 5.48. The van der Waals surface area contributed by atoms with Crippen LogP contribution in [0.4, 0.5) is 17.1 Å². The van der Waals surface area contributed by atoms with Crippen molar-refractivity contribution in [1.29, 1.82) is 0 Å². The van der Waals surface area contributed by atoms with Crippen molar-refractivity contribution in [2.75, 3.05) is 34.8 Å². The number of carbonyl (C=O) groups is 1. The summed E-state index contributed by atoms with van der Waals surface area (Å²) in [5, 5.41) is 7.12. The van der Waals surface area contributed by atoms with Crippen molar-refractivity contribution in [1.82, 2.24) is 5.32 Å². The Kier molecular flexibility index (Phi) is 6.53. The number of benzene rings is 2. The minimum Gasteiger partial charge on any atom is -0.372 e. The predicted molar refractivity (Wildman–Crippen MR) is 128 cm³/mol. The van der Waals surface area contributed by atoms with E-state index in [-0.39, 0.29) is 5.91 Å². The molecule has 2 fully saturated rings. The third-order valence-corrected chi connectivity index (χ3v) is 6.19. The molecule has 0 radical (unpaired) electrons. The highest BCUT2D eigenvalue weighted by atomic mass is 32.1. The molecule has 2 aliphatic rings.